The maximum atomic E-state index is 12.1. The number of carbonyl (C=O) groups excluding carboxylic acids is 1. The molecule has 0 aliphatic carbocycles. The maximum Gasteiger partial charge on any atom is 0.323 e. The summed E-state index contributed by atoms with van der Waals surface area (Å²) in [5, 5.41) is 8.63. The highest BCUT2D eigenvalue weighted by atomic mass is 32.1. The number of methoxy groups -OCH3 is 1. The predicted molar refractivity (Wildman–Crippen MR) is 102 cm³/mol. The second kappa shape index (κ2) is 7.92. The zero-order chi connectivity index (χ0) is 17.6. The number of anilines is 2. The van der Waals surface area contributed by atoms with Gasteiger partial charge in [0, 0.05) is 35.1 Å². The van der Waals surface area contributed by atoms with Gasteiger partial charge < -0.3 is 15.4 Å². The van der Waals surface area contributed by atoms with Crippen molar-refractivity contribution < 1.29 is 9.53 Å². The molecule has 1 aromatic heterocycles. The van der Waals surface area contributed by atoms with Gasteiger partial charge in [-0.15, -0.1) is 11.3 Å². The van der Waals surface area contributed by atoms with Crippen molar-refractivity contribution in [3.05, 3.63) is 65.2 Å². The van der Waals surface area contributed by atoms with Crippen LogP contribution in [0.4, 0.5) is 16.2 Å². The third-order valence-electron chi connectivity index (χ3n) is 3.53. The van der Waals surface area contributed by atoms with Crippen molar-refractivity contribution in [2.24, 2.45) is 0 Å². The van der Waals surface area contributed by atoms with Gasteiger partial charge in [-0.3, -0.25) is 0 Å². The summed E-state index contributed by atoms with van der Waals surface area (Å²) in [5.41, 5.74) is 4.56. The van der Waals surface area contributed by atoms with Crippen molar-refractivity contribution in [1.82, 2.24) is 4.98 Å². The molecular weight excluding hydrogens is 334 g/mol. The highest BCUT2D eigenvalue weighted by Gasteiger charge is 2.05. The molecule has 128 valence electrons. The number of hydrogen-bond donors (Lipinski definition) is 2. The molecule has 5 nitrogen and oxygen atoms in total. The average molecular weight is 353 g/mol. The van der Waals surface area contributed by atoms with E-state index in [0.29, 0.717) is 6.61 Å². The molecule has 2 aromatic carbocycles. The molecule has 0 saturated heterocycles. The molecule has 0 atom stereocenters. The minimum Gasteiger partial charge on any atom is -0.380 e. The Labute approximate surface area is 150 Å². The van der Waals surface area contributed by atoms with Crippen LogP contribution in [-0.2, 0) is 11.3 Å². The number of benzene rings is 2. The molecular formula is C19H19N3O2S. The maximum absolute atomic E-state index is 12.1. The van der Waals surface area contributed by atoms with E-state index >= 15 is 0 Å². The predicted octanol–water partition coefficient (Wildman–Crippen LogP) is 4.91. The molecule has 6 heteroatoms. The van der Waals surface area contributed by atoms with Crippen LogP contribution in [-0.4, -0.2) is 18.1 Å². The Morgan fingerprint density at radius 1 is 1.04 bits per heavy atom. The number of aryl methyl sites for hydroxylation is 1. The van der Waals surface area contributed by atoms with Crippen molar-refractivity contribution >= 4 is 28.7 Å². The standard InChI is InChI=1S/C19H19N3O2S/c1-13-12-25-18(20-13)15-5-9-17(10-6-15)22-19(23)21-16-7-3-14(4-8-16)11-24-2/h3-10,12H,11H2,1-2H3,(H2,21,22,23). The molecule has 2 N–H and O–H groups in total. The third kappa shape index (κ3) is 4.65. The van der Waals surface area contributed by atoms with Gasteiger partial charge in [-0.25, -0.2) is 9.78 Å². The van der Waals surface area contributed by atoms with Gasteiger partial charge in [0.15, 0.2) is 0 Å². The van der Waals surface area contributed by atoms with E-state index in [0.717, 1.165) is 33.2 Å². The number of hydrogen-bond acceptors (Lipinski definition) is 4. The normalized spacial score (nSPS) is 10.5. The lowest BCUT2D eigenvalue weighted by molar-refractivity contribution is 0.185. The van der Waals surface area contributed by atoms with Crippen LogP contribution < -0.4 is 10.6 Å². The Morgan fingerprint density at radius 2 is 1.64 bits per heavy atom. The lowest BCUT2D eigenvalue weighted by atomic mass is 10.2. The summed E-state index contributed by atoms with van der Waals surface area (Å²) in [6.07, 6.45) is 0. The van der Waals surface area contributed by atoms with Gasteiger partial charge in [0.05, 0.1) is 6.61 Å². The zero-order valence-electron chi connectivity index (χ0n) is 14.1. The van der Waals surface area contributed by atoms with Gasteiger partial charge in [0.25, 0.3) is 0 Å². The van der Waals surface area contributed by atoms with Crippen LogP contribution in [0.2, 0.25) is 0 Å². The quantitative estimate of drug-likeness (QED) is 0.685. The average Bonchev–Trinajstić information content (AvgIpc) is 3.04. The Kier molecular flexibility index (Phi) is 5.42. The van der Waals surface area contributed by atoms with Gasteiger partial charge in [-0.1, -0.05) is 12.1 Å². The summed E-state index contributed by atoms with van der Waals surface area (Å²) >= 11 is 1.61. The van der Waals surface area contributed by atoms with E-state index in [1.165, 1.54) is 0 Å². The van der Waals surface area contributed by atoms with Gasteiger partial charge in [0.1, 0.15) is 5.01 Å². The van der Waals surface area contributed by atoms with E-state index in [2.05, 4.69) is 15.6 Å². The lowest BCUT2D eigenvalue weighted by Gasteiger charge is -2.09. The fraction of sp³-hybridized carbons (Fsp3) is 0.158. The van der Waals surface area contributed by atoms with Crippen LogP contribution in [0, 0.1) is 6.92 Å². The van der Waals surface area contributed by atoms with Crippen molar-refractivity contribution in [2.45, 2.75) is 13.5 Å². The Morgan fingerprint density at radius 3 is 2.16 bits per heavy atom. The van der Waals surface area contributed by atoms with Crippen LogP contribution >= 0.6 is 11.3 Å². The first-order chi connectivity index (χ1) is 12.1. The minimum atomic E-state index is -0.280. The summed E-state index contributed by atoms with van der Waals surface area (Å²) in [7, 11) is 1.65. The van der Waals surface area contributed by atoms with Gasteiger partial charge in [-0.2, -0.15) is 0 Å². The minimum absolute atomic E-state index is 0.280. The number of thiazole rings is 1. The van der Waals surface area contributed by atoms with E-state index in [4.69, 9.17) is 4.74 Å². The second-order valence-electron chi connectivity index (χ2n) is 5.58. The monoisotopic (exact) mass is 353 g/mol. The fourth-order valence-electron chi connectivity index (χ4n) is 2.33. The number of amides is 2. The number of aromatic nitrogens is 1. The molecule has 0 fully saturated rings. The molecule has 0 bridgehead atoms. The molecule has 3 aromatic rings. The second-order valence-corrected chi connectivity index (χ2v) is 6.44. The third-order valence-corrected chi connectivity index (χ3v) is 4.54. The van der Waals surface area contributed by atoms with Crippen LogP contribution in [0.15, 0.2) is 53.9 Å². The highest BCUT2D eigenvalue weighted by Crippen LogP contribution is 2.24. The van der Waals surface area contributed by atoms with E-state index in [1.54, 1.807) is 18.4 Å². The first-order valence-corrected chi connectivity index (χ1v) is 8.70. The Hall–Kier alpha value is -2.70. The fourth-order valence-corrected chi connectivity index (χ4v) is 3.13. The molecule has 0 unspecified atom stereocenters. The largest absolute Gasteiger partial charge is 0.380 e. The number of urea groups is 1. The number of carbonyl (C=O) groups is 1. The lowest BCUT2D eigenvalue weighted by Crippen LogP contribution is -2.19. The molecule has 0 spiro atoms. The van der Waals surface area contributed by atoms with Crippen molar-refractivity contribution in [3.8, 4) is 10.6 Å². The first-order valence-electron chi connectivity index (χ1n) is 7.82. The molecule has 3 rings (SSSR count). The number of ether oxygens (including phenoxy) is 1. The van der Waals surface area contributed by atoms with E-state index in [9.17, 15) is 4.79 Å². The summed E-state index contributed by atoms with van der Waals surface area (Å²) in [5.74, 6) is 0. The number of nitrogens with one attached hydrogen (secondary N) is 2. The highest BCUT2D eigenvalue weighted by molar-refractivity contribution is 7.13. The van der Waals surface area contributed by atoms with Gasteiger partial charge >= 0.3 is 6.03 Å². The number of nitrogens with zero attached hydrogens (tertiary/aromatic N) is 1. The molecule has 0 radical (unpaired) electrons. The van der Waals surface area contributed by atoms with Gasteiger partial charge in [-0.05, 0) is 48.9 Å². The van der Waals surface area contributed by atoms with Crippen LogP contribution in [0.3, 0.4) is 0 Å². The Balaban J connectivity index is 1.59. The summed E-state index contributed by atoms with van der Waals surface area (Å²) in [6, 6.07) is 14.9. The van der Waals surface area contributed by atoms with Crippen molar-refractivity contribution in [3.63, 3.8) is 0 Å². The van der Waals surface area contributed by atoms with Crippen LogP contribution in [0.5, 0.6) is 0 Å². The molecule has 25 heavy (non-hydrogen) atoms. The number of rotatable bonds is 5. The van der Waals surface area contributed by atoms with Crippen molar-refractivity contribution in [1.29, 1.82) is 0 Å². The molecule has 0 aliphatic heterocycles. The zero-order valence-corrected chi connectivity index (χ0v) is 14.9. The smallest absolute Gasteiger partial charge is 0.323 e. The summed E-state index contributed by atoms with van der Waals surface area (Å²) in [6.45, 7) is 2.53. The van der Waals surface area contributed by atoms with E-state index in [1.807, 2.05) is 60.8 Å². The van der Waals surface area contributed by atoms with Crippen LogP contribution in [0.1, 0.15) is 11.3 Å². The Bertz CT molecular complexity index is 842. The van der Waals surface area contributed by atoms with Gasteiger partial charge in [0.2, 0.25) is 0 Å². The summed E-state index contributed by atoms with van der Waals surface area (Å²) in [4.78, 5) is 16.6. The molecule has 2 amide bonds. The van der Waals surface area contributed by atoms with Crippen molar-refractivity contribution in [2.75, 3.05) is 17.7 Å². The SMILES string of the molecule is COCc1ccc(NC(=O)Nc2ccc(-c3nc(C)cs3)cc2)cc1. The summed E-state index contributed by atoms with van der Waals surface area (Å²) < 4.78 is 5.07. The molecule has 1 heterocycles. The topological polar surface area (TPSA) is 63.2 Å². The first kappa shape index (κ1) is 17.1. The molecule has 0 aliphatic rings. The van der Waals surface area contributed by atoms with Crippen LogP contribution in [0.25, 0.3) is 10.6 Å². The van der Waals surface area contributed by atoms with E-state index in [-0.39, 0.29) is 6.03 Å². The van der Waals surface area contributed by atoms with E-state index < -0.39 is 0 Å². The molecule has 0 saturated carbocycles.